The van der Waals surface area contributed by atoms with Gasteiger partial charge in [-0.1, -0.05) is 101 Å². The molecule has 4 rings (SSSR count). The van der Waals surface area contributed by atoms with E-state index in [4.69, 9.17) is 4.98 Å². The molecule has 0 amide bonds. The molecule has 4 aromatic rings. The lowest BCUT2D eigenvalue weighted by Gasteiger charge is -2.25. The van der Waals surface area contributed by atoms with Gasteiger partial charge in [0.1, 0.15) is 5.65 Å². The van der Waals surface area contributed by atoms with Crippen LogP contribution >= 0.6 is 0 Å². The van der Waals surface area contributed by atoms with Crippen molar-refractivity contribution in [1.29, 1.82) is 0 Å². The van der Waals surface area contributed by atoms with Crippen LogP contribution in [0.5, 0.6) is 0 Å². The van der Waals surface area contributed by atoms with E-state index in [0.717, 1.165) is 47.4 Å². The number of unbranched alkanes of at least 4 members (excludes halogenated alkanes) is 1. The Labute approximate surface area is 196 Å². The molecule has 3 heteroatoms. The van der Waals surface area contributed by atoms with E-state index < -0.39 is 0 Å². The second-order valence-electron chi connectivity index (χ2n) is 9.53. The molecule has 0 atom stereocenters. The fourth-order valence-electron chi connectivity index (χ4n) is 4.22. The molecule has 0 saturated heterocycles. The van der Waals surface area contributed by atoms with E-state index in [-0.39, 0.29) is 11.2 Å². The average Bonchev–Trinajstić information content (AvgIpc) is 3.21. The standard InChI is InChI=1S/C30H32N2O/c1-5-6-18-24-19-13-20-27-31-28(23-16-11-8-12-17-23)29(32(24)27)25(30(2,3)4)21-26(33)22-14-9-7-10-15-22/h7-17,19-21H,5-6,18H2,1-4H3/b25-21+. The summed E-state index contributed by atoms with van der Waals surface area (Å²) >= 11 is 0. The summed E-state index contributed by atoms with van der Waals surface area (Å²) in [5, 5.41) is 0. The maximum absolute atomic E-state index is 13.3. The summed E-state index contributed by atoms with van der Waals surface area (Å²) in [5.74, 6) is 0.0144. The molecular weight excluding hydrogens is 404 g/mol. The molecule has 33 heavy (non-hydrogen) atoms. The van der Waals surface area contributed by atoms with Crippen LogP contribution in [-0.4, -0.2) is 15.2 Å². The number of aryl methyl sites for hydroxylation is 1. The van der Waals surface area contributed by atoms with Gasteiger partial charge in [0.25, 0.3) is 0 Å². The van der Waals surface area contributed by atoms with Crippen molar-refractivity contribution < 1.29 is 4.79 Å². The average molecular weight is 437 g/mol. The minimum Gasteiger partial charge on any atom is -0.296 e. The molecule has 2 aromatic carbocycles. The number of nitrogens with zero attached hydrogens (tertiary/aromatic N) is 2. The lowest BCUT2D eigenvalue weighted by molar-refractivity contribution is 0.104. The zero-order chi connectivity index (χ0) is 23.4. The number of fused-ring (bicyclic) bond motifs is 1. The van der Waals surface area contributed by atoms with Gasteiger partial charge >= 0.3 is 0 Å². The number of ketones is 1. The Balaban J connectivity index is 2.03. The van der Waals surface area contributed by atoms with Crippen LogP contribution in [0.3, 0.4) is 0 Å². The monoisotopic (exact) mass is 436 g/mol. The van der Waals surface area contributed by atoms with Gasteiger partial charge in [-0.2, -0.15) is 0 Å². The molecule has 0 aliphatic heterocycles. The number of carbonyl (C=O) groups excluding carboxylic acids is 1. The zero-order valence-corrected chi connectivity index (χ0v) is 20.0. The summed E-state index contributed by atoms with van der Waals surface area (Å²) in [6.07, 6.45) is 5.02. The van der Waals surface area contributed by atoms with Crippen LogP contribution in [0.1, 0.15) is 62.3 Å². The van der Waals surface area contributed by atoms with E-state index in [1.807, 2.05) is 54.6 Å². The fourth-order valence-corrected chi connectivity index (χ4v) is 4.22. The van der Waals surface area contributed by atoms with Gasteiger partial charge in [0.2, 0.25) is 0 Å². The number of rotatable bonds is 7. The highest BCUT2D eigenvalue weighted by Crippen LogP contribution is 2.40. The number of allylic oxidation sites excluding steroid dienone is 2. The summed E-state index contributed by atoms with van der Waals surface area (Å²) in [5.41, 5.74) is 6.55. The Bertz CT molecular complexity index is 1280. The summed E-state index contributed by atoms with van der Waals surface area (Å²) < 4.78 is 2.27. The Kier molecular flexibility index (Phi) is 6.60. The molecule has 0 saturated carbocycles. The van der Waals surface area contributed by atoms with Gasteiger partial charge in [-0.05, 0) is 42.0 Å². The van der Waals surface area contributed by atoms with Crippen molar-refractivity contribution in [3.63, 3.8) is 0 Å². The first-order valence-electron chi connectivity index (χ1n) is 11.8. The van der Waals surface area contributed by atoms with Crippen LogP contribution < -0.4 is 0 Å². The molecule has 168 valence electrons. The summed E-state index contributed by atoms with van der Waals surface area (Å²) in [6, 6.07) is 26.1. The number of pyridine rings is 1. The molecule has 0 N–H and O–H groups in total. The Morgan fingerprint density at radius 2 is 1.58 bits per heavy atom. The normalized spacial score (nSPS) is 12.3. The van der Waals surface area contributed by atoms with Crippen molar-refractivity contribution >= 4 is 17.0 Å². The molecule has 2 heterocycles. The maximum atomic E-state index is 13.3. The number of hydrogen-bond donors (Lipinski definition) is 0. The predicted molar refractivity (Wildman–Crippen MR) is 137 cm³/mol. The van der Waals surface area contributed by atoms with Gasteiger partial charge in [0.05, 0.1) is 11.4 Å². The Hall–Kier alpha value is -3.46. The minimum absolute atomic E-state index is 0.0144. The van der Waals surface area contributed by atoms with Gasteiger partial charge in [0.15, 0.2) is 5.78 Å². The van der Waals surface area contributed by atoms with Crippen LogP contribution in [0.25, 0.3) is 22.5 Å². The van der Waals surface area contributed by atoms with Crippen molar-refractivity contribution in [1.82, 2.24) is 9.38 Å². The van der Waals surface area contributed by atoms with Gasteiger partial charge in [0, 0.05) is 16.8 Å². The van der Waals surface area contributed by atoms with E-state index in [2.05, 4.69) is 62.4 Å². The van der Waals surface area contributed by atoms with Crippen molar-refractivity contribution in [3.8, 4) is 11.3 Å². The third-order valence-corrected chi connectivity index (χ3v) is 5.96. The van der Waals surface area contributed by atoms with E-state index >= 15 is 0 Å². The molecule has 0 unspecified atom stereocenters. The van der Waals surface area contributed by atoms with Gasteiger partial charge in [-0.25, -0.2) is 4.98 Å². The van der Waals surface area contributed by atoms with Crippen LogP contribution in [0.4, 0.5) is 0 Å². The molecule has 0 aliphatic rings. The lowest BCUT2D eigenvalue weighted by Crippen LogP contribution is -2.14. The zero-order valence-electron chi connectivity index (χ0n) is 20.0. The van der Waals surface area contributed by atoms with Crippen LogP contribution in [0.15, 0.2) is 84.9 Å². The van der Waals surface area contributed by atoms with Crippen LogP contribution in [0.2, 0.25) is 0 Å². The number of aromatic nitrogens is 2. The minimum atomic E-state index is -0.262. The third-order valence-electron chi connectivity index (χ3n) is 5.96. The molecule has 0 radical (unpaired) electrons. The summed E-state index contributed by atoms with van der Waals surface area (Å²) in [7, 11) is 0. The SMILES string of the molecule is CCCCc1cccc2nc(-c3ccccc3)c(/C(=C\C(=O)c3ccccc3)C(C)(C)C)n12. The first kappa shape index (κ1) is 22.7. The molecule has 3 nitrogen and oxygen atoms in total. The van der Waals surface area contributed by atoms with Crippen molar-refractivity contribution in [2.24, 2.45) is 5.41 Å². The highest BCUT2D eigenvalue weighted by atomic mass is 16.1. The topological polar surface area (TPSA) is 34.4 Å². The Morgan fingerprint density at radius 3 is 2.21 bits per heavy atom. The molecular formula is C30H32N2O. The van der Waals surface area contributed by atoms with Crippen molar-refractivity contribution in [2.75, 3.05) is 0 Å². The first-order valence-corrected chi connectivity index (χ1v) is 11.8. The van der Waals surface area contributed by atoms with E-state index in [1.165, 1.54) is 5.69 Å². The summed E-state index contributed by atoms with van der Waals surface area (Å²) in [4.78, 5) is 18.4. The third kappa shape index (κ3) is 4.83. The molecule has 0 aliphatic carbocycles. The maximum Gasteiger partial charge on any atom is 0.186 e. The quantitative estimate of drug-likeness (QED) is 0.220. The molecule has 0 bridgehead atoms. The van der Waals surface area contributed by atoms with Crippen molar-refractivity contribution in [2.45, 2.75) is 47.0 Å². The van der Waals surface area contributed by atoms with Gasteiger partial charge in [-0.3, -0.25) is 9.20 Å². The molecule has 0 fully saturated rings. The number of carbonyl (C=O) groups is 1. The van der Waals surface area contributed by atoms with Gasteiger partial charge < -0.3 is 0 Å². The van der Waals surface area contributed by atoms with E-state index in [0.29, 0.717) is 5.56 Å². The van der Waals surface area contributed by atoms with E-state index in [1.54, 1.807) is 0 Å². The second kappa shape index (κ2) is 9.58. The highest BCUT2D eigenvalue weighted by Gasteiger charge is 2.28. The van der Waals surface area contributed by atoms with E-state index in [9.17, 15) is 4.79 Å². The first-order chi connectivity index (χ1) is 15.9. The number of imidazole rings is 1. The summed E-state index contributed by atoms with van der Waals surface area (Å²) in [6.45, 7) is 8.71. The Morgan fingerprint density at radius 1 is 0.909 bits per heavy atom. The second-order valence-corrected chi connectivity index (χ2v) is 9.53. The van der Waals surface area contributed by atoms with Crippen molar-refractivity contribution in [3.05, 3.63) is 102 Å². The number of benzene rings is 2. The molecule has 2 aromatic heterocycles. The van der Waals surface area contributed by atoms with Crippen LogP contribution in [-0.2, 0) is 6.42 Å². The predicted octanol–water partition coefficient (Wildman–Crippen LogP) is 7.66. The smallest absolute Gasteiger partial charge is 0.186 e. The fraction of sp³-hybridized carbons (Fsp3) is 0.267. The largest absolute Gasteiger partial charge is 0.296 e. The van der Waals surface area contributed by atoms with Crippen LogP contribution in [0, 0.1) is 5.41 Å². The lowest BCUT2D eigenvalue weighted by atomic mass is 9.82. The highest BCUT2D eigenvalue weighted by molar-refractivity contribution is 6.09. The molecule has 0 spiro atoms. The number of hydrogen-bond acceptors (Lipinski definition) is 2. The van der Waals surface area contributed by atoms with Gasteiger partial charge in [-0.15, -0.1) is 0 Å².